The summed E-state index contributed by atoms with van der Waals surface area (Å²) in [6.07, 6.45) is 3.12. The van der Waals surface area contributed by atoms with Crippen molar-refractivity contribution in [2.24, 2.45) is 0 Å². The molecule has 3 aromatic heterocycles. The Kier molecular flexibility index (Phi) is 7.47. The average molecular weight is 597 g/mol. The number of carbonyl (C=O) groups is 1. The first-order chi connectivity index (χ1) is 19.1. The molecule has 5 rings (SSSR count). The summed E-state index contributed by atoms with van der Waals surface area (Å²) in [5.41, 5.74) is 4.85. The second-order valence-corrected chi connectivity index (χ2v) is 11.8. The van der Waals surface area contributed by atoms with E-state index in [1.165, 1.54) is 23.6 Å². The van der Waals surface area contributed by atoms with Crippen LogP contribution in [0.15, 0.2) is 84.1 Å². The molecule has 0 aliphatic carbocycles. The molecule has 2 aromatic carbocycles. The second kappa shape index (κ2) is 10.9. The number of fused-ring (bicyclic) bond motifs is 1. The molecular weight excluding hydrogens is 573 g/mol. The van der Waals surface area contributed by atoms with Crippen molar-refractivity contribution in [3.05, 3.63) is 94.7 Å². The van der Waals surface area contributed by atoms with Crippen molar-refractivity contribution in [1.29, 1.82) is 0 Å². The van der Waals surface area contributed by atoms with E-state index in [9.17, 15) is 13.2 Å². The zero-order chi connectivity index (χ0) is 28.6. The Morgan fingerprint density at radius 2 is 1.60 bits per heavy atom. The molecule has 0 unspecified atom stereocenters. The number of carbonyl (C=O) groups excluding carboxylic acids is 1. The van der Waals surface area contributed by atoms with Crippen LogP contribution in [0.25, 0.3) is 28.0 Å². The summed E-state index contributed by atoms with van der Waals surface area (Å²) in [6.45, 7) is 0. The van der Waals surface area contributed by atoms with Gasteiger partial charge in [-0.05, 0) is 30.3 Å². The van der Waals surface area contributed by atoms with Crippen molar-refractivity contribution in [2.75, 3.05) is 26.2 Å². The standard InChI is InChI=1S/C27H23Cl2N7O3S/c1-34(2)40(38,39)27-23(26(37)32-35(3)22-10-6-7-15-30-22)25-31-16-20(19-8-4-5-9-21(19)29)24(36(25)33-27)17-11-13-18(28)14-12-17/h4-16H,1-3H3,(H,32,37). The Morgan fingerprint density at radius 3 is 2.25 bits per heavy atom. The molecule has 40 heavy (non-hydrogen) atoms. The van der Waals surface area contributed by atoms with Crippen LogP contribution in [0.4, 0.5) is 5.82 Å². The van der Waals surface area contributed by atoms with Gasteiger partial charge in [-0.25, -0.2) is 27.2 Å². The minimum absolute atomic E-state index is 0.0353. The molecule has 0 aliphatic rings. The molecule has 0 aliphatic heterocycles. The van der Waals surface area contributed by atoms with Crippen LogP contribution in [0.5, 0.6) is 0 Å². The summed E-state index contributed by atoms with van der Waals surface area (Å²) in [5.74, 6) is -0.288. The van der Waals surface area contributed by atoms with Gasteiger partial charge in [0.1, 0.15) is 11.4 Å². The molecule has 0 bridgehead atoms. The first kappa shape index (κ1) is 27.5. The molecule has 3 heterocycles. The summed E-state index contributed by atoms with van der Waals surface area (Å²) in [5, 5.41) is 6.38. The molecule has 13 heteroatoms. The van der Waals surface area contributed by atoms with Crippen LogP contribution in [0.3, 0.4) is 0 Å². The van der Waals surface area contributed by atoms with Crippen LogP contribution in [0.2, 0.25) is 10.0 Å². The van der Waals surface area contributed by atoms with Gasteiger partial charge in [0.25, 0.3) is 15.9 Å². The Hall–Kier alpha value is -4.03. The van der Waals surface area contributed by atoms with Gasteiger partial charge in [0.05, 0.1) is 5.69 Å². The molecule has 0 saturated heterocycles. The van der Waals surface area contributed by atoms with Crippen molar-refractivity contribution in [3.63, 3.8) is 0 Å². The van der Waals surface area contributed by atoms with Crippen molar-refractivity contribution < 1.29 is 13.2 Å². The normalized spacial score (nSPS) is 11.7. The molecule has 5 aromatic rings. The number of sulfonamides is 1. The maximum absolute atomic E-state index is 13.7. The fraction of sp³-hybridized carbons (Fsp3) is 0.111. The van der Waals surface area contributed by atoms with E-state index >= 15 is 0 Å². The van der Waals surface area contributed by atoms with Crippen molar-refractivity contribution >= 4 is 50.6 Å². The van der Waals surface area contributed by atoms with E-state index in [1.807, 2.05) is 12.1 Å². The lowest BCUT2D eigenvalue weighted by Gasteiger charge is -2.19. The maximum atomic E-state index is 13.7. The average Bonchev–Trinajstić information content (AvgIpc) is 3.34. The highest BCUT2D eigenvalue weighted by Gasteiger charge is 2.34. The quantitative estimate of drug-likeness (QED) is 0.269. The summed E-state index contributed by atoms with van der Waals surface area (Å²) >= 11 is 12.7. The third kappa shape index (κ3) is 5.00. The van der Waals surface area contributed by atoms with E-state index in [1.54, 1.807) is 74.0 Å². The molecule has 0 spiro atoms. The molecular formula is C27H23Cl2N7O3S. The number of pyridine rings is 1. The van der Waals surface area contributed by atoms with Gasteiger partial charge in [-0.2, -0.15) is 5.10 Å². The molecule has 0 fully saturated rings. The van der Waals surface area contributed by atoms with E-state index in [-0.39, 0.29) is 11.2 Å². The summed E-state index contributed by atoms with van der Waals surface area (Å²) in [4.78, 5) is 22.4. The zero-order valence-electron chi connectivity index (χ0n) is 21.6. The van der Waals surface area contributed by atoms with Crippen LogP contribution in [0.1, 0.15) is 10.4 Å². The Morgan fingerprint density at radius 1 is 0.900 bits per heavy atom. The maximum Gasteiger partial charge on any atom is 0.276 e. The van der Waals surface area contributed by atoms with Crippen molar-refractivity contribution in [3.8, 4) is 22.4 Å². The number of nitrogens with zero attached hydrogens (tertiary/aromatic N) is 6. The SMILES string of the molecule is CN(NC(=O)c1c(S(=O)(=O)N(C)C)nn2c(-c3ccc(Cl)cc3)c(-c3ccccc3Cl)cnc12)c1ccccn1. The molecule has 1 N–H and O–H groups in total. The fourth-order valence-electron chi connectivity index (χ4n) is 4.10. The predicted molar refractivity (Wildman–Crippen MR) is 155 cm³/mol. The van der Waals surface area contributed by atoms with E-state index in [4.69, 9.17) is 23.2 Å². The minimum atomic E-state index is -4.19. The smallest absolute Gasteiger partial charge is 0.271 e. The lowest BCUT2D eigenvalue weighted by molar-refractivity contribution is 0.0949. The molecule has 10 nitrogen and oxygen atoms in total. The van der Waals surface area contributed by atoms with Crippen molar-refractivity contribution in [2.45, 2.75) is 5.03 Å². The number of aromatic nitrogens is 4. The second-order valence-electron chi connectivity index (χ2n) is 8.90. The minimum Gasteiger partial charge on any atom is -0.271 e. The van der Waals surface area contributed by atoms with Crippen LogP contribution in [-0.2, 0) is 10.0 Å². The highest BCUT2D eigenvalue weighted by molar-refractivity contribution is 7.89. The molecule has 1 amide bonds. The number of hydrogen-bond donors (Lipinski definition) is 1. The van der Waals surface area contributed by atoms with Gasteiger partial charge in [0.2, 0.25) is 5.03 Å². The Labute approximate surface area is 240 Å². The number of rotatable bonds is 7. The summed E-state index contributed by atoms with van der Waals surface area (Å²) < 4.78 is 29.3. The summed E-state index contributed by atoms with van der Waals surface area (Å²) in [7, 11) is 0.134. The third-order valence-electron chi connectivity index (χ3n) is 6.11. The number of benzene rings is 2. The van der Waals surface area contributed by atoms with Crippen molar-refractivity contribution in [1.82, 2.24) is 29.3 Å². The Bertz CT molecular complexity index is 1830. The molecule has 0 radical (unpaired) electrons. The predicted octanol–water partition coefficient (Wildman–Crippen LogP) is 4.80. The third-order valence-corrected chi connectivity index (χ3v) is 8.43. The zero-order valence-corrected chi connectivity index (χ0v) is 23.9. The van der Waals surface area contributed by atoms with E-state index < -0.39 is 21.0 Å². The monoisotopic (exact) mass is 595 g/mol. The Balaban J connectivity index is 1.80. The highest BCUT2D eigenvalue weighted by Crippen LogP contribution is 2.37. The van der Waals surface area contributed by atoms with Crippen LogP contribution in [0, 0.1) is 0 Å². The van der Waals surface area contributed by atoms with E-state index in [0.717, 1.165) is 4.31 Å². The largest absolute Gasteiger partial charge is 0.276 e. The fourth-order valence-corrected chi connectivity index (χ4v) is 5.43. The highest BCUT2D eigenvalue weighted by atomic mass is 35.5. The van der Waals surface area contributed by atoms with Crippen LogP contribution < -0.4 is 10.4 Å². The lowest BCUT2D eigenvalue weighted by Crippen LogP contribution is -2.40. The van der Waals surface area contributed by atoms with E-state index in [2.05, 4.69) is 20.5 Å². The number of amides is 1. The summed E-state index contributed by atoms with van der Waals surface area (Å²) in [6, 6.07) is 19.3. The number of halogens is 2. The number of anilines is 1. The van der Waals surface area contributed by atoms with Gasteiger partial charge in [-0.3, -0.25) is 15.2 Å². The number of hydrogen-bond acceptors (Lipinski definition) is 7. The molecule has 204 valence electrons. The van der Waals surface area contributed by atoms with E-state index in [0.29, 0.717) is 38.2 Å². The topological polar surface area (TPSA) is 113 Å². The van der Waals surface area contributed by atoms with Crippen LogP contribution in [-0.4, -0.2) is 59.4 Å². The van der Waals surface area contributed by atoms with Gasteiger partial charge >= 0.3 is 0 Å². The van der Waals surface area contributed by atoms with Gasteiger partial charge in [0.15, 0.2) is 5.65 Å². The van der Waals surface area contributed by atoms with Gasteiger partial charge in [0, 0.05) is 60.3 Å². The number of nitrogens with one attached hydrogen (secondary N) is 1. The van der Waals surface area contributed by atoms with Gasteiger partial charge in [-0.15, -0.1) is 0 Å². The molecule has 0 atom stereocenters. The first-order valence-electron chi connectivity index (χ1n) is 11.9. The van der Waals surface area contributed by atoms with Gasteiger partial charge in [-0.1, -0.05) is 59.6 Å². The first-order valence-corrected chi connectivity index (χ1v) is 14.1. The number of hydrazine groups is 1. The van der Waals surface area contributed by atoms with Gasteiger partial charge < -0.3 is 0 Å². The van der Waals surface area contributed by atoms with Crippen LogP contribution >= 0.6 is 23.2 Å². The molecule has 0 saturated carbocycles. The lowest BCUT2D eigenvalue weighted by atomic mass is 10.0.